The number of fused-ring (bicyclic) bond motifs is 1. The summed E-state index contributed by atoms with van der Waals surface area (Å²) >= 11 is 0. The third kappa shape index (κ3) is 3.67. The van der Waals surface area contributed by atoms with Crippen LogP contribution in [0.1, 0.15) is 15.9 Å². The van der Waals surface area contributed by atoms with E-state index >= 15 is 0 Å². The van der Waals surface area contributed by atoms with Crippen molar-refractivity contribution >= 4 is 22.6 Å². The lowest BCUT2D eigenvalue weighted by molar-refractivity contribution is -0.121. The van der Waals surface area contributed by atoms with Gasteiger partial charge in [0.2, 0.25) is 5.91 Å². The zero-order chi connectivity index (χ0) is 16.9. The lowest BCUT2D eigenvalue weighted by Crippen LogP contribution is -2.44. The van der Waals surface area contributed by atoms with Gasteiger partial charge >= 0.3 is 0 Å². The molecule has 0 radical (unpaired) electrons. The van der Waals surface area contributed by atoms with Gasteiger partial charge in [-0.15, -0.1) is 0 Å². The Morgan fingerprint density at radius 3 is 2.29 bits per heavy atom. The number of carbonyl (C=O) groups excluding carboxylic acids is 2. The third-order valence-electron chi connectivity index (χ3n) is 3.88. The molecule has 0 spiro atoms. The molecule has 0 aliphatic carbocycles. The monoisotopic (exact) mass is 318 g/mol. The summed E-state index contributed by atoms with van der Waals surface area (Å²) in [5.41, 5.74) is 7.30. The van der Waals surface area contributed by atoms with Gasteiger partial charge in [0.15, 0.2) is 0 Å². The highest BCUT2D eigenvalue weighted by Crippen LogP contribution is 2.15. The molecule has 0 saturated heterocycles. The molecule has 0 heterocycles. The van der Waals surface area contributed by atoms with Crippen LogP contribution in [0.5, 0.6) is 0 Å². The van der Waals surface area contributed by atoms with Gasteiger partial charge in [-0.1, -0.05) is 60.7 Å². The number of carbonyl (C=O) groups is 2. The summed E-state index contributed by atoms with van der Waals surface area (Å²) < 4.78 is 0. The van der Waals surface area contributed by atoms with E-state index in [9.17, 15) is 9.59 Å². The number of nitrogens with two attached hydrogens (primary N) is 1. The minimum absolute atomic E-state index is 0.387. The van der Waals surface area contributed by atoms with Gasteiger partial charge in [-0.25, -0.2) is 0 Å². The Morgan fingerprint density at radius 2 is 1.54 bits per heavy atom. The van der Waals surface area contributed by atoms with Crippen LogP contribution in [0, 0.1) is 0 Å². The van der Waals surface area contributed by atoms with Crippen LogP contribution in [0.3, 0.4) is 0 Å². The molecule has 0 fully saturated rings. The van der Waals surface area contributed by atoms with Crippen molar-refractivity contribution in [3.05, 3.63) is 83.9 Å². The molecule has 0 aromatic heterocycles. The lowest BCUT2D eigenvalue weighted by Gasteiger charge is -2.12. The predicted molar refractivity (Wildman–Crippen MR) is 94.5 cm³/mol. The molecule has 0 unspecified atom stereocenters. The first kappa shape index (κ1) is 15.9. The summed E-state index contributed by atoms with van der Waals surface area (Å²) in [6, 6.07) is 21.8. The highest BCUT2D eigenvalue weighted by atomic mass is 16.2. The summed E-state index contributed by atoms with van der Waals surface area (Å²) in [6.45, 7) is 0. The molecular weight excluding hydrogens is 300 g/mol. The molecule has 2 amide bonds. The Balaban J connectivity index is 1.67. The summed E-state index contributed by atoms with van der Waals surface area (Å²) in [4.78, 5) is 24.4. The second kappa shape index (κ2) is 7.06. The average molecular weight is 318 g/mol. The Kier molecular flexibility index (Phi) is 4.68. The summed E-state index contributed by atoms with van der Waals surface area (Å²) in [5.74, 6) is -0.911. The molecule has 0 saturated carbocycles. The number of amides is 2. The van der Waals surface area contributed by atoms with Crippen molar-refractivity contribution in [2.45, 2.75) is 12.5 Å². The normalized spacial score (nSPS) is 11.9. The average Bonchev–Trinajstić information content (AvgIpc) is 2.62. The Hall–Kier alpha value is -2.98. The van der Waals surface area contributed by atoms with Gasteiger partial charge in [-0.2, -0.15) is 0 Å². The van der Waals surface area contributed by atoms with Crippen LogP contribution in [-0.2, 0) is 11.2 Å². The molecule has 3 N–H and O–H groups in total. The Morgan fingerprint density at radius 1 is 0.875 bits per heavy atom. The topological polar surface area (TPSA) is 72.2 Å². The standard InChI is InChI=1S/C20H18N2O2/c21-18(12-14-6-2-1-3-7-14)20(24)22-19(23)17-11-10-15-8-4-5-9-16(15)13-17/h1-11,13,18H,12,21H2,(H,22,23,24)/t18-/m0/s1. The van der Waals surface area contributed by atoms with Crippen molar-refractivity contribution in [3.8, 4) is 0 Å². The van der Waals surface area contributed by atoms with E-state index in [1.165, 1.54) is 0 Å². The van der Waals surface area contributed by atoms with E-state index in [1.807, 2.05) is 60.7 Å². The van der Waals surface area contributed by atoms with E-state index in [0.29, 0.717) is 12.0 Å². The highest BCUT2D eigenvalue weighted by Gasteiger charge is 2.17. The Bertz CT molecular complexity index is 875. The smallest absolute Gasteiger partial charge is 0.257 e. The number of benzene rings is 3. The third-order valence-corrected chi connectivity index (χ3v) is 3.88. The molecule has 3 aromatic rings. The van der Waals surface area contributed by atoms with Crippen molar-refractivity contribution in [1.82, 2.24) is 5.32 Å². The minimum Gasteiger partial charge on any atom is -0.320 e. The number of imide groups is 1. The zero-order valence-electron chi connectivity index (χ0n) is 13.1. The first-order valence-electron chi connectivity index (χ1n) is 7.77. The van der Waals surface area contributed by atoms with E-state index in [0.717, 1.165) is 16.3 Å². The fourth-order valence-corrected chi connectivity index (χ4v) is 2.57. The fraction of sp³-hybridized carbons (Fsp3) is 0.100. The van der Waals surface area contributed by atoms with E-state index in [1.54, 1.807) is 12.1 Å². The fourth-order valence-electron chi connectivity index (χ4n) is 2.57. The van der Waals surface area contributed by atoms with Crippen LogP contribution in [0.4, 0.5) is 0 Å². The molecular formula is C20H18N2O2. The van der Waals surface area contributed by atoms with Crippen LogP contribution >= 0.6 is 0 Å². The first-order valence-corrected chi connectivity index (χ1v) is 7.77. The van der Waals surface area contributed by atoms with Crippen molar-refractivity contribution in [2.24, 2.45) is 5.73 Å². The van der Waals surface area contributed by atoms with Gasteiger partial charge in [0, 0.05) is 5.56 Å². The van der Waals surface area contributed by atoms with Crippen LogP contribution < -0.4 is 11.1 Å². The largest absolute Gasteiger partial charge is 0.320 e. The summed E-state index contributed by atoms with van der Waals surface area (Å²) in [7, 11) is 0. The molecule has 3 aromatic carbocycles. The summed E-state index contributed by atoms with van der Waals surface area (Å²) in [6.07, 6.45) is 0.387. The maximum absolute atomic E-state index is 12.3. The maximum Gasteiger partial charge on any atom is 0.257 e. The maximum atomic E-state index is 12.3. The number of rotatable bonds is 4. The van der Waals surface area contributed by atoms with Crippen LogP contribution in [0.25, 0.3) is 10.8 Å². The molecule has 1 atom stereocenters. The van der Waals surface area contributed by atoms with Crippen LogP contribution in [0.2, 0.25) is 0 Å². The molecule has 4 heteroatoms. The zero-order valence-corrected chi connectivity index (χ0v) is 13.1. The van der Waals surface area contributed by atoms with Crippen LogP contribution in [0.15, 0.2) is 72.8 Å². The number of hydrogen-bond acceptors (Lipinski definition) is 3. The van der Waals surface area contributed by atoms with Crippen molar-refractivity contribution in [3.63, 3.8) is 0 Å². The lowest BCUT2D eigenvalue weighted by atomic mass is 10.1. The number of hydrogen-bond donors (Lipinski definition) is 2. The van der Waals surface area contributed by atoms with Crippen molar-refractivity contribution < 1.29 is 9.59 Å². The molecule has 24 heavy (non-hydrogen) atoms. The van der Waals surface area contributed by atoms with Crippen LogP contribution in [-0.4, -0.2) is 17.9 Å². The van der Waals surface area contributed by atoms with Gasteiger partial charge in [0.05, 0.1) is 6.04 Å². The SMILES string of the molecule is N[C@@H](Cc1ccccc1)C(=O)NC(=O)c1ccc2ccccc2c1. The summed E-state index contributed by atoms with van der Waals surface area (Å²) in [5, 5.41) is 4.37. The quantitative estimate of drug-likeness (QED) is 0.777. The van der Waals surface area contributed by atoms with Gasteiger partial charge in [-0.05, 0) is 34.9 Å². The molecule has 0 aliphatic rings. The number of nitrogens with one attached hydrogen (secondary N) is 1. The van der Waals surface area contributed by atoms with E-state index in [4.69, 9.17) is 5.73 Å². The highest BCUT2D eigenvalue weighted by molar-refractivity contribution is 6.07. The van der Waals surface area contributed by atoms with Gasteiger partial charge < -0.3 is 5.73 Å². The van der Waals surface area contributed by atoms with Gasteiger partial charge in [0.25, 0.3) is 5.91 Å². The van der Waals surface area contributed by atoms with E-state index < -0.39 is 17.9 Å². The Labute approximate surface area is 140 Å². The van der Waals surface area contributed by atoms with E-state index in [-0.39, 0.29) is 0 Å². The van der Waals surface area contributed by atoms with Crippen molar-refractivity contribution in [1.29, 1.82) is 0 Å². The first-order chi connectivity index (χ1) is 11.6. The molecule has 0 aliphatic heterocycles. The van der Waals surface area contributed by atoms with Gasteiger partial charge in [0.1, 0.15) is 0 Å². The molecule has 0 bridgehead atoms. The minimum atomic E-state index is -0.767. The van der Waals surface area contributed by atoms with E-state index in [2.05, 4.69) is 5.32 Å². The second-order valence-electron chi connectivity index (χ2n) is 5.68. The molecule has 4 nitrogen and oxygen atoms in total. The molecule has 3 rings (SSSR count). The molecule has 120 valence electrons. The van der Waals surface area contributed by atoms with Crippen molar-refractivity contribution in [2.75, 3.05) is 0 Å². The second-order valence-corrected chi connectivity index (χ2v) is 5.68. The van der Waals surface area contributed by atoms with Gasteiger partial charge in [-0.3, -0.25) is 14.9 Å². The predicted octanol–water partition coefficient (Wildman–Crippen LogP) is 2.67.